The largest absolute Gasteiger partial charge is 0.506 e. The van der Waals surface area contributed by atoms with Gasteiger partial charge in [-0.2, -0.15) is 0 Å². The Balaban J connectivity index is 2.55. The molecule has 0 atom stereocenters. The summed E-state index contributed by atoms with van der Waals surface area (Å²) in [6.07, 6.45) is 6.25. The van der Waals surface area contributed by atoms with Crippen molar-refractivity contribution < 1.29 is 5.11 Å². The van der Waals surface area contributed by atoms with Crippen LogP contribution < -0.4 is 0 Å². The van der Waals surface area contributed by atoms with Gasteiger partial charge in [0.15, 0.2) is 0 Å². The molecule has 2 rings (SSSR count). The fourth-order valence-electron chi connectivity index (χ4n) is 2.33. The molecule has 0 amide bonds. The van der Waals surface area contributed by atoms with Gasteiger partial charge >= 0.3 is 0 Å². The van der Waals surface area contributed by atoms with Gasteiger partial charge in [-0.05, 0) is 37.2 Å². The highest BCUT2D eigenvalue weighted by Gasteiger charge is 2.19. The van der Waals surface area contributed by atoms with Gasteiger partial charge in [0.2, 0.25) is 0 Å². The molecule has 0 fully saturated rings. The van der Waals surface area contributed by atoms with Crippen LogP contribution in [0.15, 0.2) is 6.20 Å². The third kappa shape index (κ3) is 1.49. The van der Waals surface area contributed by atoms with E-state index in [4.69, 9.17) is 0 Å². The first kappa shape index (κ1) is 9.50. The van der Waals surface area contributed by atoms with Crippen LogP contribution in [0.2, 0.25) is 0 Å². The smallest absolute Gasteiger partial charge is 0.137 e. The standard InChI is InChI=1S/C12H17NO/c1-8(2)12-9-5-3-4-6-10(9)13-7-11(12)14/h7-8,14H,3-6H2,1-2H3. The van der Waals surface area contributed by atoms with Gasteiger partial charge in [0.05, 0.1) is 6.20 Å². The number of aromatic hydroxyl groups is 1. The number of pyridine rings is 1. The zero-order valence-corrected chi connectivity index (χ0v) is 8.88. The Morgan fingerprint density at radius 3 is 2.71 bits per heavy atom. The second kappa shape index (κ2) is 3.60. The normalized spacial score (nSPS) is 15.6. The topological polar surface area (TPSA) is 33.1 Å². The molecule has 2 nitrogen and oxygen atoms in total. The first-order chi connectivity index (χ1) is 6.70. The molecule has 0 unspecified atom stereocenters. The predicted octanol–water partition coefficient (Wildman–Crippen LogP) is 2.79. The molecule has 0 aliphatic heterocycles. The van der Waals surface area contributed by atoms with Crippen molar-refractivity contribution in [1.29, 1.82) is 0 Å². The average Bonchev–Trinajstić information content (AvgIpc) is 2.17. The lowest BCUT2D eigenvalue weighted by atomic mass is 9.87. The molecule has 76 valence electrons. The Morgan fingerprint density at radius 1 is 1.29 bits per heavy atom. The zero-order valence-electron chi connectivity index (χ0n) is 8.88. The SMILES string of the molecule is CC(C)c1c(O)cnc2c1CCCC2. The summed E-state index contributed by atoms with van der Waals surface area (Å²) < 4.78 is 0. The van der Waals surface area contributed by atoms with Crippen LogP contribution in [0.25, 0.3) is 0 Å². The molecule has 0 radical (unpaired) electrons. The minimum absolute atomic E-state index is 0.376. The van der Waals surface area contributed by atoms with Crippen molar-refractivity contribution in [3.05, 3.63) is 23.0 Å². The van der Waals surface area contributed by atoms with Crippen LogP contribution in [0.3, 0.4) is 0 Å². The van der Waals surface area contributed by atoms with Crippen LogP contribution in [-0.4, -0.2) is 10.1 Å². The van der Waals surface area contributed by atoms with Crippen LogP contribution >= 0.6 is 0 Å². The van der Waals surface area contributed by atoms with Gasteiger partial charge in [-0.1, -0.05) is 13.8 Å². The highest BCUT2D eigenvalue weighted by Crippen LogP contribution is 2.33. The lowest BCUT2D eigenvalue weighted by molar-refractivity contribution is 0.457. The van der Waals surface area contributed by atoms with Gasteiger partial charge in [-0.3, -0.25) is 4.98 Å². The number of rotatable bonds is 1. The molecule has 1 heterocycles. The van der Waals surface area contributed by atoms with Crippen molar-refractivity contribution in [2.24, 2.45) is 0 Å². The van der Waals surface area contributed by atoms with E-state index in [0.29, 0.717) is 11.7 Å². The molecule has 1 aromatic rings. The van der Waals surface area contributed by atoms with E-state index >= 15 is 0 Å². The summed E-state index contributed by atoms with van der Waals surface area (Å²) in [4.78, 5) is 4.31. The van der Waals surface area contributed by atoms with E-state index in [1.54, 1.807) is 6.20 Å². The van der Waals surface area contributed by atoms with Crippen molar-refractivity contribution in [2.45, 2.75) is 45.4 Å². The molecular formula is C12H17NO. The summed E-state index contributed by atoms with van der Waals surface area (Å²) in [6, 6.07) is 0. The Morgan fingerprint density at radius 2 is 2.00 bits per heavy atom. The monoisotopic (exact) mass is 191 g/mol. The highest BCUT2D eigenvalue weighted by atomic mass is 16.3. The number of hydrogen-bond donors (Lipinski definition) is 1. The van der Waals surface area contributed by atoms with E-state index in [1.165, 1.54) is 24.1 Å². The number of fused-ring (bicyclic) bond motifs is 1. The van der Waals surface area contributed by atoms with E-state index in [-0.39, 0.29) is 0 Å². The first-order valence-corrected chi connectivity index (χ1v) is 5.39. The third-order valence-corrected chi connectivity index (χ3v) is 2.96. The summed E-state index contributed by atoms with van der Waals surface area (Å²) in [5.74, 6) is 0.769. The van der Waals surface area contributed by atoms with Crippen molar-refractivity contribution >= 4 is 0 Å². The fourth-order valence-corrected chi connectivity index (χ4v) is 2.33. The number of hydrogen-bond acceptors (Lipinski definition) is 2. The van der Waals surface area contributed by atoms with Crippen molar-refractivity contribution in [2.75, 3.05) is 0 Å². The van der Waals surface area contributed by atoms with E-state index in [9.17, 15) is 5.11 Å². The van der Waals surface area contributed by atoms with E-state index in [2.05, 4.69) is 18.8 Å². The van der Waals surface area contributed by atoms with Gasteiger partial charge in [0.25, 0.3) is 0 Å². The molecule has 0 bridgehead atoms. The van der Waals surface area contributed by atoms with Gasteiger partial charge < -0.3 is 5.11 Å². The van der Waals surface area contributed by atoms with Gasteiger partial charge in [-0.25, -0.2) is 0 Å². The minimum atomic E-state index is 0.376. The maximum Gasteiger partial charge on any atom is 0.137 e. The summed E-state index contributed by atoms with van der Waals surface area (Å²) in [5.41, 5.74) is 3.64. The van der Waals surface area contributed by atoms with Crippen molar-refractivity contribution in [1.82, 2.24) is 4.98 Å². The molecule has 1 aliphatic carbocycles. The number of nitrogens with zero attached hydrogens (tertiary/aromatic N) is 1. The maximum atomic E-state index is 9.77. The highest BCUT2D eigenvalue weighted by molar-refractivity contribution is 5.43. The zero-order chi connectivity index (χ0) is 10.1. The molecule has 2 heteroatoms. The van der Waals surface area contributed by atoms with Gasteiger partial charge in [0.1, 0.15) is 5.75 Å². The predicted molar refractivity (Wildman–Crippen MR) is 56.6 cm³/mol. The van der Waals surface area contributed by atoms with Crippen molar-refractivity contribution in [3.63, 3.8) is 0 Å². The quantitative estimate of drug-likeness (QED) is 0.740. The molecule has 0 spiro atoms. The molecule has 1 aromatic heterocycles. The summed E-state index contributed by atoms with van der Waals surface area (Å²) in [5, 5.41) is 9.77. The van der Waals surface area contributed by atoms with Crippen LogP contribution in [-0.2, 0) is 12.8 Å². The molecule has 1 aliphatic rings. The van der Waals surface area contributed by atoms with E-state index in [0.717, 1.165) is 18.4 Å². The summed E-state index contributed by atoms with van der Waals surface area (Å²) in [6.45, 7) is 4.26. The molecular weight excluding hydrogens is 174 g/mol. The van der Waals surface area contributed by atoms with E-state index in [1.807, 2.05) is 0 Å². The van der Waals surface area contributed by atoms with E-state index < -0.39 is 0 Å². The van der Waals surface area contributed by atoms with Gasteiger partial charge in [-0.15, -0.1) is 0 Å². The Bertz CT molecular complexity index is 344. The lowest BCUT2D eigenvalue weighted by Gasteiger charge is -2.21. The van der Waals surface area contributed by atoms with Crippen LogP contribution in [0.5, 0.6) is 5.75 Å². The molecule has 0 saturated carbocycles. The van der Waals surface area contributed by atoms with Gasteiger partial charge in [0, 0.05) is 11.3 Å². The lowest BCUT2D eigenvalue weighted by Crippen LogP contribution is -2.09. The van der Waals surface area contributed by atoms with Crippen molar-refractivity contribution in [3.8, 4) is 5.75 Å². The van der Waals surface area contributed by atoms with Crippen LogP contribution in [0.1, 0.15) is 49.4 Å². The molecule has 1 N–H and O–H groups in total. The Kier molecular flexibility index (Phi) is 2.44. The van der Waals surface area contributed by atoms with Crippen LogP contribution in [0.4, 0.5) is 0 Å². The Hall–Kier alpha value is -1.05. The summed E-state index contributed by atoms with van der Waals surface area (Å²) in [7, 11) is 0. The average molecular weight is 191 g/mol. The maximum absolute atomic E-state index is 9.77. The molecule has 0 saturated heterocycles. The molecule has 0 aromatic carbocycles. The first-order valence-electron chi connectivity index (χ1n) is 5.39. The molecule has 14 heavy (non-hydrogen) atoms. The number of aromatic nitrogens is 1. The minimum Gasteiger partial charge on any atom is -0.506 e. The Labute approximate surface area is 85.0 Å². The summed E-state index contributed by atoms with van der Waals surface area (Å²) >= 11 is 0. The fraction of sp³-hybridized carbons (Fsp3) is 0.583. The second-order valence-electron chi connectivity index (χ2n) is 4.34. The number of aryl methyl sites for hydroxylation is 1. The third-order valence-electron chi connectivity index (χ3n) is 2.96. The van der Waals surface area contributed by atoms with Crippen LogP contribution in [0, 0.1) is 0 Å². The second-order valence-corrected chi connectivity index (χ2v) is 4.34.